The third kappa shape index (κ3) is 3.47. The summed E-state index contributed by atoms with van der Waals surface area (Å²) in [4.78, 5) is 33.2. The average Bonchev–Trinajstić information content (AvgIpc) is 2.61. The van der Waals surface area contributed by atoms with Gasteiger partial charge >= 0.3 is 0 Å². The van der Waals surface area contributed by atoms with E-state index in [1.165, 1.54) is 0 Å². The first-order valence-electron chi connectivity index (χ1n) is 8.36. The molecule has 2 heterocycles. The summed E-state index contributed by atoms with van der Waals surface area (Å²) in [6.07, 6.45) is 1.61. The van der Waals surface area contributed by atoms with Gasteiger partial charge in [0, 0.05) is 42.6 Å². The Kier molecular flexibility index (Phi) is 4.70. The molecule has 0 aliphatic carbocycles. The van der Waals surface area contributed by atoms with Crippen molar-refractivity contribution in [1.82, 2.24) is 14.8 Å². The first-order valence-corrected chi connectivity index (χ1v) is 8.36. The third-order valence-electron chi connectivity index (χ3n) is 4.48. The molecule has 3 rings (SSSR count). The highest BCUT2D eigenvalue weighted by Crippen LogP contribution is 2.21. The second-order valence-electron chi connectivity index (χ2n) is 6.46. The van der Waals surface area contributed by atoms with Gasteiger partial charge in [0.15, 0.2) is 0 Å². The molecule has 1 aliphatic rings. The number of nitrogen functional groups attached to an aromatic ring is 1. The van der Waals surface area contributed by atoms with Crippen molar-refractivity contribution in [1.29, 1.82) is 0 Å². The summed E-state index contributed by atoms with van der Waals surface area (Å²) in [6, 6.07) is 12.1. The van der Waals surface area contributed by atoms with Crippen LogP contribution in [-0.2, 0) is 0 Å². The SMILES string of the molecule is CC1CN(C(=O)c2ccccn2)CC(C)N1C(=O)c1ccc(N)cc1. The van der Waals surface area contributed by atoms with Gasteiger partial charge in [0.2, 0.25) is 0 Å². The zero-order chi connectivity index (χ0) is 18.0. The predicted molar refractivity (Wildman–Crippen MR) is 96.1 cm³/mol. The molecule has 2 N–H and O–H groups in total. The Bertz CT molecular complexity index is 749. The maximum Gasteiger partial charge on any atom is 0.272 e. The van der Waals surface area contributed by atoms with E-state index in [4.69, 9.17) is 5.73 Å². The molecule has 1 aliphatic heterocycles. The second kappa shape index (κ2) is 6.93. The van der Waals surface area contributed by atoms with Gasteiger partial charge in [0.05, 0.1) is 0 Å². The molecular formula is C19H22N4O2. The van der Waals surface area contributed by atoms with Crippen LogP contribution >= 0.6 is 0 Å². The van der Waals surface area contributed by atoms with E-state index < -0.39 is 0 Å². The highest BCUT2D eigenvalue weighted by Gasteiger charge is 2.35. The van der Waals surface area contributed by atoms with Gasteiger partial charge in [-0.05, 0) is 50.2 Å². The Labute approximate surface area is 147 Å². The minimum atomic E-state index is -0.0983. The number of amides is 2. The van der Waals surface area contributed by atoms with E-state index in [9.17, 15) is 9.59 Å². The largest absolute Gasteiger partial charge is 0.399 e. The highest BCUT2D eigenvalue weighted by atomic mass is 16.2. The molecular weight excluding hydrogens is 316 g/mol. The number of carbonyl (C=O) groups is 2. The van der Waals surface area contributed by atoms with E-state index in [0.29, 0.717) is 30.0 Å². The quantitative estimate of drug-likeness (QED) is 0.850. The van der Waals surface area contributed by atoms with Gasteiger partial charge in [0.25, 0.3) is 11.8 Å². The molecule has 1 saturated heterocycles. The molecule has 0 radical (unpaired) electrons. The summed E-state index contributed by atoms with van der Waals surface area (Å²) >= 11 is 0. The van der Waals surface area contributed by atoms with Crippen LogP contribution in [0.5, 0.6) is 0 Å². The van der Waals surface area contributed by atoms with Gasteiger partial charge in [-0.2, -0.15) is 0 Å². The van der Waals surface area contributed by atoms with Crippen LogP contribution in [0.25, 0.3) is 0 Å². The maximum absolute atomic E-state index is 12.8. The zero-order valence-corrected chi connectivity index (χ0v) is 14.4. The number of anilines is 1. The normalized spacial score (nSPS) is 20.4. The number of rotatable bonds is 2. The van der Waals surface area contributed by atoms with Crippen molar-refractivity contribution in [3.05, 3.63) is 59.9 Å². The lowest BCUT2D eigenvalue weighted by atomic mass is 10.0. The first-order chi connectivity index (χ1) is 12.0. The van der Waals surface area contributed by atoms with Gasteiger partial charge in [0.1, 0.15) is 5.69 Å². The fourth-order valence-corrected chi connectivity index (χ4v) is 3.31. The van der Waals surface area contributed by atoms with Crippen LogP contribution in [0.4, 0.5) is 5.69 Å². The monoisotopic (exact) mass is 338 g/mol. The molecule has 25 heavy (non-hydrogen) atoms. The van der Waals surface area contributed by atoms with Crippen molar-refractivity contribution in [3.8, 4) is 0 Å². The van der Waals surface area contributed by atoms with Crippen molar-refractivity contribution in [3.63, 3.8) is 0 Å². The first kappa shape index (κ1) is 17.0. The van der Waals surface area contributed by atoms with Crippen LogP contribution in [0.15, 0.2) is 48.7 Å². The molecule has 0 spiro atoms. The van der Waals surface area contributed by atoms with Crippen LogP contribution in [0, 0.1) is 0 Å². The van der Waals surface area contributed by atoms with Crippen LogP contribution in [0.3, 0.4) is 0 Å². The van der Waals surface area contributed by atoms with Crippen molar-refractivity contribution >= 4 is 17.5 Å². The van der Waals surface area contributed by atoms with Crippen LogP contribution in [-0.4, -0.2) is 51.8 Å². The fraction of sp³-hybridized carbons (Fsp3) is 0.316. The highest BCUT2D eigenvalue weighted by molar-refractivity contribution is 5.96. The van der Waals surface area contributed by atoms with Crippen LogP contribution in [0.2, 0.25) is 0 Å². The Balaban J connectivity index is 1.75. The van der Waals surface area contributed by atoms with Gasteiger partial charge < -0.3 is 15.5 Å². The predicted octanol–water partition coefficient (Wildman–Crippen LogP) is 2.04. The van der Waals surface area contributed by atoms with Crippen molar-refractivity contribution < 1.29 is 9.59 Å². The molecule has 2 atom stereocenters. The molecule has 1 fully saturated rings. The Morgan fingerprint density at radius 1 is 1.00 bits per heavy atom. The Morgan fingerprint density at radius 3 is 2.20 bits per heavy atom. The average molecular weight is 338 g/mol. The minimum absolute atomic E-state index is 0.0371. The van der Waals surface area contributed by atoms with E-state index in [-0.39, 0.29) is 23.9 Å². The molecule has 2 aromatic rings. The minimum Gasteiger partial charge on any atom is -0.399 e. The molecule has 6 nitrogen and oxygen atoms in total. The van der Waals surface area contributed by atoms with Gasteiger partial charge in [-0.3, -0.25) is 14.6 Å². The lowest BCUT2D eigenvalue weighted by Crippen LogP contribution is -2.59. The van der Waals surface area contributed by atoms with Gasteiger partial charge in [-0.25, -0.2) is 0 Å². The summed E-state index contributed by atoms with van der Waals surface area (Å²) in [5.41, 5.74) is 7.36. The lowest BCUT2D eigenvalue weighted by Gasteiger charge is -2.44. The van der Waals surface area contributed by atoms with E-state index in [2.05, 4.69) is 4.98 Å². The van der Waals surface area contributed by atoms with Crippen LogP contribution < -0.4 is 5.73 Å². The number of piperazine rings is 1. The summed E-state index contributed by atoms with van der Waals surface area (Å²) in [5, 5.41) is 0. The molecule has 2 amide bonds. The topological polar surface area (TPSA) is 79.5 Å². The number of benzene rings is 1. The molecule has 130 valence electrons. The van der Waals surface area contributed by atoms with Crippen molar-refractivity contribution in [2.24, 2.45) is 0 Å². The third-order valence-corrected chi connectivity index (χ3v) is 4.48. The summed E-state index contributed by atoms with van der Waals surface area (Å²) in [7, 11) is 0. The zero-order valence-electron chi connectivity index (χ0n) is 14.4. The maximum atomic E-state index is 12.8. The second-order valence-corrected chi connectivity index (χ2v) is 6.46. The van der Waals surface area contributed by atoms with Gasteiger partial charge in [-0.15, -0.1) is 0 Å². The number of nitrogens with two attached hydrogens (primary N) is 1. The van der Waals surface area contributed by atoms with E-state index in [0.717, 1.165) is 0 Å². The van der Waals surface area contributed by atoms with Crippen LogP contribution in [0.1, 0.15) is 34.7 Å². The molecule has 0 saturated carbocycles. The molecule has 1 aromatic heterocycles. The fourth-order valence-electron chi connectivity index (χ4n) is 3.31. The molecule has 1 aromatic carbocycles. The van der Waals surface area contributed by atoms with E-state index in [1.54, 1.807) is 53.6 Å². The van der Waals surface area contributed by atoms with E-state index >= 15 is 0 Å². The van der Waals surface area contributed by atoms with Crippen molar-refractivity contribution in [2.45, 2.75) is 25.9 Å². The number of hydrogen-bond donors (Lipinski definition) is 1. The van der Waals surface area contributed by atoms with E-state index in [1.807, 2.05) is 18.7 Å². The number of hydrogen-bond acceptors (Lipinski definition) is 4. The Hall–Kier alpha value is -2.89. The molecule has 2 unspecified atom stereocenters. The van der Waals surface area contributed by atoms with Gasteiger partial charge in [-0.1, -0.05) is 6.07 Å². The standard InChI is InChI=1S/C19H22N4O2/c1-13-11-22(19(25)17-5-3-4-10-21-17)12-14(2)23(13)18(24)15-6-8-16(20)9-7-15/h3-10,13-14H,11-12,20H2,1-2H3. The summed E-state index contributed by atoms with van der Waals surface area (Å²) < 4.78 is 0. The molecule has 0 bridgehead atoms. The number of pyridine rings is 1. The smallest absolute Gasteiger partial charge is 0.272 e. The number of nitrogens with zero attached hydrogens (tertiary/aromatic N) is 3. The van der Waals surface area contributed by atoms with Crippen molar-refractivity contribution in [2.75, 3.05) is 18.8 Å². The number of aromatic nitrogens is 1. The number of carbonyl (C=O) groups excluding carboxylic acids is 2. The molecule has 6 heteroatoms. The lowest BCUT2D eigenvalue weighted by molar-refractivity contribution is 0.0252. The summed E-state index contributed by atoms with van der Waals surface area (Å²) in [5.74, 6) is -0.135. The Morgan fingerprint density at radius 2 is 1.64 bits per heavy atom. The summed E-state index contributed by atoms with van der Waals surface area (Å²) in [6.45, 7) is 4.90.